The highest BCUT2D eigenvalue weighted by Crippen LogP contribution is 2.23. The van der Waals surface area contributed by atoms with E-state index in [0.717, 1.165) is 30.0 Å². The van der Waals surface area contributed by atoms with Crippen LogP contribution in [0.3, 0.4) is 0 Å². The zero-order chi connectivity index (χ0) is 15.5. The lowest BCUT2D eigenvalue weighted by Gasteiger charge is -2.23. The summed E-state index contributed by atoms with van der Waals surface area (Å²) in [4.78, 5) is 16.9. The Morgan fingerprint density at radius 2 is 2.00 bits per heavy atom. The number of amides is 1. The number of rotatable bonds is 3. The first kappa shape index (κ1) is 16.1. The molecule has 2 rings (SSSR count). The fourth-order valence-corrected chi connectivity index (χ4v) is 3.34. The predicted octanol–water partition coefficient (Wildman–Crippen LogP) is 2.29. The number of nitrogens with one attached hydrogen (secondary N) is 2. The molecule has 2 heterocycles. The van der Waals surface area contributed by atoms with Gasteiger partial charge >= 0.3 is 0 Å². The molecule has 0 aromatic carbocycles. The summed E-state index contributed by atoms with van der Waals surface area (Å²) >= 11 is 1.95. The number of nitrogens with zero attached hydrogens (tertiary/aromatic N) is 1. The van der Waals surface area contributed by atoms with Crippen molar-refractivity contribution in [3.8, 4) is 0 Å². The average molecular weight is 308 g/mol. The van der Waals surface area contributed by atoms with E-state index < -0.39 is 0 Å². The zero-order valence-corrected chi connectivity index (χ0v) is 13.7. The van der Waals surface area contributed by atoms with Crippen molar-refractivity contribution in [2.24, 2.45) is 5.84 Å². The molecule has 6 heteroatoms. The Hall–Kier alpha value is -1.27. The van der Waals surface area contributed by atoms with Gasteiger partial charge in [0.1, 0.15) is 5.82 Å². The molecule has 1 fully saturated rings. The van der Waals surface area contributed by atoms with Crippen molar-refractivity contribution in [3.63, 3.8) is 0 Å². The fraction of sp³-hybridized carbons (Fsp3) is 0.600. The third-order valence-corrected chi connectivity index (χ3v) is 4.61. The molecule has 0 saturated carbocycles. The number of nitrogen functional groups attached to an aromatic ring is 1. The smallest absolute Gasteiger partial charge is 0.251 e. The minimum absolute atomic E-state index is 0.0451. The molecule has 0 spiro atoms. The van der Waals surface area contributed by atoms with E-state index in [1.165, 1.54) is 0 Å². The van der Waals surface area contributed by atoms with Crippen molar-refractivity contribution in [1.82, 2.24) is 10.3 Å². The monoisotopic (exact) mass is 308 g/mol. The van der Waals surface area contributed by atoms with Crippen molar-refractivity contribution < 1.29 is 4.79 Å². The Kier molecular flexibility index (Phi) is 5.11. The Labute approximate surface area is 130 Å². The molecule has 1 saturated heterocycles. The van der Waals surface area contributed by atoms with Crippen molar-refractivity contribution in [2.45, 2.75) is 45.1 Å². The maximum Gasteiger partial charge on any atom is 0.251 e. The standard InChI is InChI=1S/C15H24N4OS/c1-15(2,3)12-8-10(9-13(18-12)19-16)14(20)17-11-4-6-21-7-5-11/h8-9,11H,4-7,16H2,1-3H3,(H,17,20)(H,18,19). The van der Waals surface area contributed by atoms with Crippen LogP contribution >= 0.6 is 11.8 Å². The van der Waals surface area contributed by atoms with Gasteiger partial charge in [0, 0.05) is 22.7 Å². The quantitative estimate of drug-likeness (QED) is 0.590. The highest BCUT2D eigenvalue weighted by molar-refractivity contribution is 7.99. The van der Waals surface area contributed by atoms with E-state index >= 15 is 0 Å². The van der Waals surface area contributed by atoms with E-state index in [-0.39, 0.29) is 17.4 Å². The van der Waals surface area contributed by atoms with Crippen LogP contribution in [0.2, 0.25) is 0 Å². The number of aromatic nitrogens is 1. The van der Waals surface area contributed by atoms with Crippen molar-refractivity contribution in [2.75, 3.05) is 16.9 Å². The minimum atomic E-state index is -0.136. The van der Waals surface area contributed by atoms with Gasteiger partial charge in [0.05, 0.1) is 0 Å². The molecule has 1 amide bonds. The molecular formula is C15H24N4OS. The van der Waals surface area contributed by atoms with Crippen LogP contribution in [0.1, 0.15) is 49.7 Å². The van der Waals surface area contributed by atoms with Crippen LogP contribution in [0.15, 0.2) is 12.1 Å². The van der Waals surface area contributed by atoms with Crippen LogP contribution in [0.5, 0.6) is 0 Å². The second kappa shape index (κ2) is 6.66. The highest BCUT2D eigenvalue weighted by atomic mass is 32.2. The van der Waals surface area contributed by atoms with Gasteiger partial charge in [-0.3, -0.25) is 4.79 Å². The maximum absolute atomic E-state index is 12.4. The summed E-state index contributed by atoms with van der Waals surface area (Å²) in [6.45, 7) is 6.20. The van der Waals surface area contributed by atoms with Gasteiger partial charge in [0.15, 0.2) is 0 Å². The summed E-state index contributed by atoms with van der Waals surface area (Å²) in [6, 6.07) is 3.83. The number of hydrazine groups is 1. The molecule has 1 aromatic rings. The van der Waals surface area contributed by atoms with Gasteiger partial charge in [0.25, 0.3) is 5.91 Å². The summed E-state index contributed by atoms with van der Waals surface area (Å²) in [5, 5.41) is 3.12. The molecule has 21 heavy (non-hydrogen) atoms. The van der Waals surface area contributed by atoms with Crippen LogP contribution < -0.4 is 16.6 Å². The Bertz CT molecular complexity index is 507. The molecule has 0 unspecified atom stereocenters. The SMILES string of the molecule is CC(C)(C)c1cc(C(=O)NC2CCSCC2)cc(NN)n1. The number of hydrogen-bond donors (Lipinski definition) is 3. The molecule has 1 aromatic heterocycles. The van der Waals surface area contributed by atoms with Crippen molar-refractivity contribution in [1.29, 1.82) is 0 Å². The van der Waals surface area contributed by atoms with E-state index in [1.54, 1.807) is 6.07 Å². The molecular weight excluding hydrogens is 284 g/mol. The minimum Gasteiger partial charge on any atom is -0.349 e. The van der Waals surface area contributed by atoms with E-state index in [4.69, 9.17) is 5.84 Å². The highest BCUT2D eigenvalue weighted by Gasteiger charge is 2.21. The number of carbonyl (C=O) groups excluding carboxylic acids is 1. The molecule has 0 bridgehead atoms. The lowest BCUT2D eigenvalue weighted by molar-refractivity contribution is 0.0934. The normalized spacial score (nSPS) is 16.6. The third-order valence-electron chi connectivity index (χ3n) is 3.56. The number of nitrogens with two attached hydrogens (primary N) is 1. The number of hydrogen-bond acceptors (Lipinski definition) is 5. The molecule has 5 nitrogen and oxygen atoms in total. The molecule has 0 aliphatic carbocycles. The van der Waals surface area contributed by atoms with Crippen molar-refractivity contribution >= 4 is 23.5 Å². The maximum atomic E-state index is 12.4. The van der Waals surface area contributed by atoms with E-state index in [2.05, 4.69) is 36.5 Å². The van der Waals surface area contributed by atoms with Crippen LogP contribution in [0.4, 0.5) is 5.82 Å². The Morgan fingerprint density at radius 3 is 2.57 bits per heavy atom. The van der Waals surface area contributed by atoms with Gasteiger partial charge in [-0.2, -0.15) is 11.8 Å². The van der Waals surface area contributed by atoms with Gasteiger partial charge in [-0.05, 0) is 36.5 Å². The van der Waals surface area contributed by atoms with Gasteiger partial charge in [-0.1, -0.05) is 20.8 Å². The topological polar surface area (TPSA) is 80.0 Å². The van der Waals surface area contributed by atoms with E-state index in [9.17, 15) is 4.79 Å². The number of anilines is 1. The molecule has 116 valence electrons. The lowest BCUT2D eigenvalue weighted by Crippen LogP contribution is -2.37. The Balaban J connectivity index is 2.19. The third kappa shape index (κ3) is 4.35. The van der Waals surface area contributed by atoms with Crippen molar-refractivity contribution in [3.05, 3.63) is 23.4 Å². The second-order valence-electron chi connectivity index (χ2n) is 6.38. The van der Waals surface area contributed by atoms with Crippen LogP contribution in [0.25, 0.3) is 0 Å². The zero-order valence-electron chi connectivity index (χ0n) is 12.9. The average Bonchev–Trinajstić information content (AvgIpc) is 2.46. The molecule has 0 atom stereocenters. The molecule has 4 N–H and O–H groups in total. The first-order chi connectivity index (χ1) is 9.90. The Morgan fingerprint density at radius 1 is 1.33 bits per heavy atom. The van der Waals surface area contributed by atoms with Gasteiger partial charge in [-0.25, -0.2) is 10.8 Å². The summed E-state index contributed by atoms with van der Waals surface area (Å²) in [7, 11) is 0. The van der Waals surface area contributed by atoms with Crippen LogP contribution in [-0.4, -0.2) is 28.4 Å². The molecule has 1 aliphatic rings. The van der Waals surface area contributed by atoms with Crippen LogP contribution in [0, 0.1) is 0 Å². The molecule has 0 radical (unpaired) electrons. The van der Waals surface area contributed by atoms with Crippen LogP contribution in [-0.2, 0) is 5.41 Å². The summed E-state index contributed by atoms with van der Waals surface area (Å²) in [5.74, 6) is 8.17. The number of pyridine rings is 1. The lowest BCUT2D eigenvalue weighted by atomic mass is 9.90. The van der Waals surface area contributed by atoms with E-state index in [0.29, 0.717) is 11.4 Å². The summed E-state index contributed by atoms with van der Waals surface area (Å²) < 4.78 is 0. The first-order valence-corrected chi connectivity index (χ1v) is 8.43. The number of thioether (sulfide) groups is 1. The van der Waals surface area contributed by atoms with Gasteiger partial charge in [-0.15, -0.1) is 0 Å². The predicted molar refractivity (Wildman–Crippen MR) is 88.6 cm³/mol. The van der Waals surface area contributed by atoms with Gasteiger partial charge < -0.3 is 10.7 Å². The summed E-state index contributed by atoms with van der Waals surface area (Å²) in [6.07, 6.45) is 2.07. The second-order valence-corrected chi connectivity index (χ2v) is 7.61. The summed E-state index contributed by atoms with van der Waals surface area (Å²) in [5.41, 5.74) is 3.87. The molecule has 1 aliphatic heterocycles. The van der Waals surface area contributed by atoms with Gasteiger partial charge in [0.2, 0.25) is 0 Å². The van der Waals surface area contributed by atoms with E-state index in [1.807, 2.05) is 17.8 Å². The fourth-order valence-electron chi connectivity index (χ4n) is 2.23. The largest absolute Gasteiger partial charge is 0.349 e. The number of carbonyl (C=O) groups is 1. The first-order valence-electron chi connectivity index (χ1n) is 7.28.